The lowest BCUT2D eigenvalue weighted by molar-refractivity contribution is -0.171. The number of carbonyl (C=O) groups excluding carboxylic acids is 2. The van der Waals surface area contributed by atoms with Gasteiger partial charge in [-0.25, -0.2) is 4.79 Å². The fourth-order valence-corrected chi connectivity index (χ4v) is 4.28. The van der Waals surface area contributed by atoms with Crippen molar-refractivity contribution in [2.75, 3.05) is 0 Å². The smallest absolute Gasteiger partial charge is 0.350 e. The van der Waals surface area contributed by atoms with Crippen molar-refractivity contribution in [3.05, 3.63) is 70.1 Å². The summed E-state index contributed by atoms with van der Waals surface area (Å²) in [4.78, 5) is 25.9. The van der Waals surface area contributed by atoms with E-state index in [1.54, 1.807) is 19.9 Å². The first-order valence-electron chi connectivity index (χ1n) is 10.6. The van der Waals surface area contributed by atoms with Crippen LogP contribution in [0.4, 0.5) is 0 Å². The number of benzene rings is 2. The topological polar surface area (TPSA) is 52.6 Å². The molecule has 0 aliphatic carbocycles. The van der Waals surface area contributed by atoms with Gasteiger partial charge in [-0.1, -0.05) is 24.3 Å². The van der Waals surface area contributed by atoms with Crippen molar-refractivity contribution in [3.8, 4) is 5.75 Å². The van der Waals surface area contributed by atoms with Crippen LogP contribution in [-0.2, 0) is 9.53 Å². The Bertz CT molecular complexity index is 1140. The molecule has 3 rings (SSSR count). The van der Waals surface area contributed by atoms with E-state index in [-0.39, 0.29) is 5.78 Å². The van der Waals surface area contributed by atoms with Gasteiger partial charge in [0.15, 0.2) is 11.4 Å². The molecule has 0 spiro atoms. The maximum atomic E-state index is 12.6. The second kappa shape index (κ2) is 8.91. The molecule has 1 aromatic heterocycles. The fourth-order valence-electron chi connectivity index (χ4n) is 3.30. The molecule has 0 saturated carbocycles. The number of ether oxygens (including phenoxy) is 2. The van der Waals surface area contributed by atoms with Crippen LogP contribution in [0.1, 0.15) is 61.0 Å². The van der Waals surface area contributed by atoms with Crippen molar-refractivity contribution in [2.24, 2.45) is 0 Å². The minimum absolute atomic E-state index is 0.0205. The first-order valence-corrected chi connectivity index (χ1v) is 11.4. The molecule has 0 unspecified atom stereocenters. The van der Waals surface area contributed by atoms with Crippen LogP contribution in [-0.4, -0.2) is 23.0 Å². The number of hydrogen-bond acceptors (Lipinski definition) is 5. The number of hydrogen-bond donors (Lipinski definition) is 0. The van der Waals surface area contributed by atoms with Crippen molar-refractivity contribution in [2.45, 2.75) is 59.7 Å². The van der Waals surface area contributed by atoms with Crippen molar-refractivity contribution in [1.82, 2.24) is 0 Å². The average Bonchev–Trinajstić information content (AvgIpc) is 3.12. The van der Waals surface area contributed by atoms with E-state index >= 15 is 0 Å². The standard InChI is InChI=1S/C27H30O4S/c1-17-14-19(12-13-21(28)23-16-20-10-8-9-11-22(20)32-23)15-18(2)24(17)30-27(6,7)25(29)31-26(3,4)5/h8-16H,1-7H3/b13-12+. The van der Waals surface area contributed by atoms with E-state index in [0.29, 0.717) is 5.75 Å². The molecule has 2 aromatic carbocycles. The van der Waals surface area contributed by atoms with Gasteiger partial charge in [0.2, 0.25) is 0 Å². The molecule has 1 heterocycles. The highest BCUT2D eigenvalue weighted by Crippen LogP contribution is 2.31. The molecule has 0 fully saturated rings. The summed E-state index contributed by atoms with van der Waals surface area (Å²) in [5, 5.41) is 1.08. The maximum absolute atomic E-state index is 12.6. The number of allylic oxidation sites excluding steroid dienone is 1. The molecule has 5 heteroatoms. The number of rotatable bonds is 6. The van der Waals surface area contributed by atoms with Crippen LogP contribution in [0.15, 0.2) is 48.5 Å². The Balaban J connectivity index is 1.77. The highest BCUT2D eigenvalue weighted by molar-refractivity contribution is 7.21. The van der Waals surface area contributed by atoms with Crippen LogP contribution in [0.3, 0.4) is 0 Å². The summed E-state index contributed by atoms with van der Waals surface area (Å²) >= 11 is 1.50. The number of ketones is 1. The van der Waals surface area contributed by atoms with Crippen LogP contribution >= 0.6 is 11.3 Å². The molecular weight excluding hydrogens is 420 g/mol. The Morgan fingerprint density at radius 2 is 1.56 bits per heavy atom. The third-order valence-corrected chi connectivity index (χ3v) is 5.96. The number of carbonyl (C=O) groups is 2. The minimum Gasteiger partial charge on any atom is -0.476 e. The summed E-state index contributed by atoms with van der Waals surface area (Å²) in [6.45, 7) is 12.8. The SMILES string of the molecule is Cc1cc(/C=C/C(=O)c2cc3ccccc3s2)cc(C)c1OC(C)(C)C(=O)OC(C)(C)C. The number of esters is 1. The van der Waals surface area contributed by atoms with E-state index in [1.807, 2.05) is 83.2 Å². The van der Waals surface area contributed by atoms with Crippen LogP contribution in [0, 0.1) is 13.8 Å². The maximum Gasteiger partial charge on any atom is 0.350 e. The summed E-state index contributed by atoms with van der Waals surface area (Å²) in [6, 6.07) is 13.8. The first-order chi connectivity index (χ1) is 14.9. The van der Waals surface area contributed by atoms with Crippen LogP contribution in [0.5, 0.6) is 5.75 Å². The Morgan fingerprint density at radius 3 is 2.16 bits per heavy atom. The summed E-state index contributed by atoms with van der Waals surface area (Å²) in [5.74, 6) is 0.212. The molecule has 32 heavy (non-hydrogen) atoms. The lowest BCUT2D eigenvalue weighted by Gasteiger charge is -2.30. The molecule has 0 radical (unpaired) electrons. The van der Waals surface area contributed by atoms with Crippen LogP contribution < -0.4 is 4.74 Å². The van der Waals surface area contributed by atoms with E-state index in [2.05, 4.69) is 0 Å². The largest absolute Gasteiger partial charge is 0.476 e. The molecule has 4 nitrogen and oxygen atoms in total. The van der Waals surface area contributed by atoms with E-state index in [9.17, 15) is 9.59 Å². The second-order valence-electron chi connectivity index (χ2n) is 9.44. The molecule has 0 aliphatic heterocycles. The fraction of sp³-hybridized carbons (Fsp3) is 0.333. The minimum atomic E-state index is -1.13. The lowest BCUT2D eigenvalue weighted by Crippen LogP contribution is -2.43. The van der Waals surface area contributed by atoms with Gasteiger partial charge in [0, 0.05) is 4.70 Å². The summed E-state index contributed by atoms with van der Waals surface area (Å²) in [5.41, 5.74) is 0.956. The molecule has 0 aliphatic rings. The monoisotopic (exact) mass is 450 g/mol. The van der Waals surface area contributed by atoms with Gasteiger partial charge in [-0.2, -0.15) is 0 Å². The molecule has 0 bridgehead atoms. The van der Waals surface area contributed by atoms with Crippen molar-refractivity contribution in [3.63, 3.8) is 0 Å². The predicted octanol–water partition coefficient (Wildman–Crippen LogP) is 6.91. The van der Waals surface area contributed by atoms with Crippen molar-refractivity contribution in [1.29, 1.82) is 0 Å². The van der Waals surface area contributed by atoms with Crippen molar-refractivity contribution >= 4 is 39.3 Å². The zero-order chi connectivity index (χ0) is 23.7. The quantitative estimate of drug-likeness (QED) is 0.232. The van der Waals surface area contributed by atoms with E-state index in [4.69, 9.17) is 9.47 Å². The number of aryl methyl sites for hydroxylation is 2. The van der Waals surface area contributed by atoms with Gasteiger partial charge in [-0.15, -0.1) is 11.3 Å². The third-order valence-electron chi connectivity index (χ3n) is 4.83. The third kappa shape index (κ3) is 5.65. The lowest BCUT2D eigenvalue weighted by atomic mass is 10.0. The second-order valence-corrected chi connectivity index (χ2v) is 10.5. The van der Waals surface area contributed by atoms with Gasteiger partial charge in [-0.3, -0.25) is 4.79 Å². The number of fused-ring (bicyclic) bond motifs is 1. The summed E-state index contributed by atoms with van der Waals surface area (Å²) < 4.78 is 12.7. The van der Waals surface area contributed by atoms with Gasteiger partial charge < -0.3 is 9.47 Å². The van der Waals surface area contributed by atoms with Crippen LogP contribution in [0.25, 0.3) is 16.2 Å². The van der Waals surface area contributed by atoms with Gasteiger partial charge in [0.05, 0.1) is 4.88 Å². The van der Waals surface area contributed by atoms with Gasteiger partial charge in [-0.05, 0) is 101 Å². The zero-order valence-electron chi connectivity index (χ0n) is 19.7. The molecular formula is C27H30O4S. The average molecular weight is 451 g/mol. The predicted molar refractivity (Wildman–Crippen MR) is 132 cm³/mol. The van der Waals surface area contributed by atoms with Crippen LogP contribution in [0.2, 0.25) is 0 Å². The van der Waals surface area contributed by atoms with Gasteiger partial charge in [0.25, 0.3) is 0 Å². The highest BCUT2D eigenvalue weighted by atomic mass is 32.1. The Kier molecular flexibility index (Phi) is 6.61. The van der Waals surface area contributed by atoms with Crippen molar-refractivity contribution < 1.29 is 19.1 Å². The molecule has 0 amide bonds. The highest BCUT2D eigenvalue weighted by Gasteiger charge is 2.35. The summed E-state index contributed by atoms with van der Waals surface area (Å²) in [7, 11) is 0. The molecule has 168 valence electrons. The van der Waals surface area contributed by atoms with E-state index in [0.717, 1.165) is 31.7 Å². The van der Waals surface area contributed by atoms with Gasteiger partial charge in [0.1, 0.15) is 11.4 Å². The Labute approximate surface area is 193 Å². The Morgan fingerprint density at radius 1 is 0.938 bits per heavy atom. The normalized spacial score (nSPS) is 12.3. The molecule has 3 aromatic rings. The van der Waals surface area contributed by atoms with E-state index in [1.165, 1.54) is 11.3 Å². The van der Waals surface area contributed by atoms with E-state index < -0.39 is 17.2 Å². The summed E-state index contributed by atoms with van der Waals surface area (Å²) in [6.07, 6.45) is 3.42. The number of thiophene rings is 1. The zero-order valence-corrected chi connectivity index (χ0v) is 20.6. The molecule has 0 N–H and O–H groups in total. The van der Waals surface area contributed by atoms with Gasteiger partial charge >= 0.3 is 5.97 Å². The molecule has 0 atom stereocenters. The first kappa shape index (κ1) is 23.7. The Hall–Kier alpha value is -2.92. The molecule has 0 saturated heterocycles.